The number of guanidine groups is 1. The number of rotatable bonds is 6. The van der Waals surface area contributed by atoms with Crippen molar-refractivity contribution in [2.24, 2.45) is 4.99 Å². The lowest BCUT2D eigenvalue weighted by molar-refractivity contribution is 0.0490. The lowest BCUT2D eigenvalue weighted by Gasteiger charge is -2.31. The summed E-state index contributed by atoms with van der Waals surface area (Å²) in [5.41, 5.74) is 2.15. The molecule has 0 spiro atoms. The van der Waals surface area contributed by atoms with Gasteiger partial charge in [0, 0.05) is 31.6 Å². The summed E-state index contributed by atoms with van der Waals surface area (Å²) in [6, 6.07) is 7.01. The molecule has 1 saturated carbocycles. The first-order chi connectivity index (χ1) is 14.8. The van der Waals surface area contributed by atoms with Crippen LogP contribution in [0.5, 0.6) is 5.75 Å². The molecule has 1 heterocycles. The van der Waals surface area contributed by atoms with Gasteiger partial charge in [-0.25, -0.2) is 4.79 Å². The molecule has 3 N–H and O–H groups in total. The zero-order chi connectivity index (χ0) is 22.3. The average Bonchev–Trinajstić information content (AvgIpc) is 3.16. The van der Waals surface area contributed by atoms with Gasteiger partial charge < -0.3 is 25.4 Å². The van der Waals surface area contributed by atoms with Crippen LogP contribution in [0.2, 0.25) is 0 Å². The highest BCUT2D eigenvalue weighted by molar-refractivity contribution is 5.80. The lowest BCUT2D eigenvalue weighted by Crippen LogP contribution is -2.48. The number of nitrogens with zero attached hydrogens (tertiary/aromatic N) is 1. The minimum absolute atomic E-state index is 0.177. The Morgan fingerprint density at radius 2 is 1.87 bits per heavy atom. The maximum absolute atomic E-state index is 12.0. The number of carbonyl (C=O) groups is 1. The van der Waals surface area contributed by atoms with Gasteiger partial charge in [-0.3, -0.25) is 4.99 Å². The zero-order valence-electron chi connectivity index (χ0n) is 19.4. The third-order valence-corrected chi connectivity index (χ3v) is 5.56. The summed E-state index contributed by atoms with van der Waals surface area (Å²) in [6.45, 7) is 10.1. The van der Waals surface area contributed by atoms with Crippen LogP contribution in [0.1, 0.15) is 64.5 Å². The van der Waals surface area contributed by atoms with E-state index in [1.165, 1.54) is 11.1 Å². The highest BCUT2D eigenvalue weighted by atomic mass is 16.6. The summed E-state index contributed by atoms with van der Waals surface area (Å²) >= 11 is 0. The van der Waals surface area contributed by atoms with Crippen LogP contribution < -0.4 is 20.7 Å². The molecule has 0 aromatic heterocycles. The van der Waals surface area contributed by atoms with Gasteiger partial charge >= 0.3 is 6.09 Å². The van der Waals surface area contributed by atoms with Crippen molar-refractivity contribution in [3.63, 3.8) is 0 Å². The van der Waals surface area contributed by atoms with E-state index in [-0.39, 0.29) is 12.1 Å². The minimum atomic E-state index is -0.465. The molecule has 7 nitrogen and oxygen atoms in total. The van der Waals surface area contributed by atoms with Crippen LogP contribution in [0.25, 0.3) is 0 Å². The van der Waals surface area contributed by atoms with E-state index < -0.39 is 5.60 Å². The van der Waals surface area contributed by atoms with Gasteiger partial charge in [0.15, 0.2) is 5.96 Å². The monoisotopic (exact) mass is 430 g/mol. The first kappa shape index (κ1) is 23.2. The molecular weight excluding hydrogens is 392 g/mol. The van der Waals surface area contributed by atoms with Gasteiger partial charge in [0.05, 0.1) is 6.61 Å². The summed E-state index contributed by atoms with van der Waals surface area (Å²) in [5, 5.41) is 9.93. The van der Waals surface area contributed by atoms with Gasteiger partial charge in [-0.2, -0.15) is 0 Å². The molecule has 1 aliphatic heterocycles. The normalized spacial score (nSPS) is 21.1. The number of alkyl carbamates (subject to hydrolysis) is 1. The molecular formula is C24H38N4O3. The quantitative estimate of drug-likeness (QED) is 0.475. The highest BCUT2D eigenvalue weighted by Gasteiger charge is 2.25. The largest absolute Gasteiger partial charge is 0.493 e. The van der Waals surface area contributed by atoms with Gasteiger partial charge in [-0.15, -0.1) is 0 Å². The maximum Gasteiger partial charge on any atom is 0.407 e. The highest BCUT2D eigenvalue weighted by Crippen LogP contribution is 2.26. The van der Waals surface area contributed by atoms with E-state index in [2.05, 4.69) is 41.1 Å². The van der Waals surface area contributed by atoms with Gasteiger partial charge in [-0.05, 0) is 77.0 Å². The Morgan fingerprint density at radius 1 is 1.16 bits per heavy atom. The van der Waals surface area contributed by atoms with Crippen molar-refractivity contribution in [2.75, 3.05) is 19.7 Å². The molecule has 7 heteroatoms. The zero-order valence-corrected chi connectivity index (χ0v) is 19.4. The third-order valence-electron chi connectivity index (χ3n) is 5.56. The molecule has 3 rings (SSSR count). The van der Waals surface area contributed by atoms with Crippen LogP contribution in [0.3, 0.4) is 0 Å². The number of fused-ring (bicyclic) bond motifs is 1. The molecule has 0 unspecified atom stereocenters. The molecule has 1 aromatic carbocycles. The van der Waals surface area contributed by atoms with Crippen molar-refractivity contribution in [1.82, 2.24) is 16.0 Å². The van der Waals surface area contributed by atoms with Gasteiger partial charge in [0.25, 0.3) is 0 Å². The molecule has 0 bridgehead atoms. The number of hydrogen-bond acceptors (Lipinski definition) is 4. The van der Waals surface area contributed by atoms with Crippen LogP contribution in [0, 0.1) is 0 Å². The van der Waals surface area contributed by atoms with Crippen molar-refractivity contribution in [2.45, 2.75) is 83.9 Å². The summed E-state index contributed by atoms with van der Waals surface area (Å²) < 4.78 is 11.0. The van der Waals surface area contributed by atoms with Crippen LogP contribution in [-0.4, -0.2) is 49.4 Å². The van der Waals surface area contributed by atoms with Crippen molar-refractivity contribution < 1.29 is 14.3 Å². The predicted octanol–water partition coefficient (Wildman–Crippen LogP) is 3.56. The molecule has 172 valence electrons. The molecule has 0 radical (unpaired) electrons. The molecule has 1 amide bonds. The van der Waals surface area contributed by atoms with E-state index in [0.717, 1.165) is 69.9 Å². The van der Waals surface area contributed by atoms with Crippen molar-refractivity contribution in [3.8, 4) is 5.75 Å². The molecule has 0 atom stereocenters. The summed E-state index contributed by atoms with van der Waals surface area (Å²) in [6.07, 6.45) is 5.46. The van der Waals surface area contributed by atoms with Gasteiger partial charge in [0.2, 0.25) is 0 Å². The standard InChI is InChI=1S/C24H38N4O3/c1-5-25-22(26-14-12-17-6-11-21-18(16-17)13-15-30-21)27-19-7-9-20(10-8-19)28-23(29)31-24(2,3)4/h6,11,16,19-20H,5,7-10,12-15H2,1-4H3,(H,28,29)(H2,25,26,27). The van der Waals surface area contributed by atoms with Gasteiger partial charge in [0.1, 0.15) is 11.4 Å². The molecule has 0 saturated heterocycles. The molecule has 1 aliphatic carbocycles. The molecule has 2 aliphatic rings. The Hall–Kier alpha value is -2.44. The van der Waals surface area contributed by atoms with Crippen molar-refractivity contribution in [1.29, 1.82) is 0 Å². The van der Waals surface area contributed by atoms with E-state index in [9.17, 15) is 4.79 Å². The maximum atomic E-state index is 12.0. The van der Waals surface area contributed by atoms with Crippen LogP contribution in [-0.2, 0) is 17.6 Å². The molecule has 31 heavy (non-hydrogen) atoms. The predicted molar refractivity (Wildman–Crippen MR) is 124 cm³/mol. The molecule has 1 aromatic rings. The fourth-order valence-electron chi connectivity index (χ4n) is 4.06. The van der Waals surface area contributed by atoms with E-state index in [4.69, 9.17) is 14.5 Å². The van der Waals surface area contributed by atoms with Crippen LogP contribution >= 0.6 is 0 Å². The number of amides is 1. The second-order valence-electron chi connectivity index (χ2n) is 9.39. The number of benzene rings is 1. The van der Waals surface area contributed by atoms with E-state index in [0.29, 0.717) is 6.04 Å². The fourth-order valence-corrected chi connectivity index (χ4v) is 4.06. The summed E-state index contributed by atoms with van der Waals surface area (Å²) in [7, 11) is 0. The number of hydrogen-bond donors (Lipinski definition) is 3. The Bertz CT molecular complexity index is 765. The van der Waals surface area contributed by atoms with Crippen LogP contribution in [0.15, 0.2) is 23.2 Å². The molecule has 1 fully saturated rings. The lowest BCUT2D eigenvalue weighted by atomic mass is 9.91. The van der Waals surface area contributed by atoms with Crippen LogP contribution in [0.4, 0.5) is 4.79 Å². The smallest absolute Gasteiger partial charge is 0.407 e. The third kappa shape index (κ3) is 7.64. The summed E-state index contributed by atoms with van der Waals surface area (Å²) in [4.78, 5) is 16.8. The topological polar surface area (TPSA) is 84.0 Å². The minimum Gasteiger partial charge on any atom is -0.493 e. The second-order valence-corrected chi connectivity index (χ2v) is 9.39. The Balaban J connectivity index is 1.43. The Morgan fingerprint density at radius 3 is 2.55 bits per heavy atom. The van der Waals surface area contributed by atoms with Crippen molar-refractivity contribution >= 4 is 12.1 Å². The van der Waals surface area contributed by atoms with E-state index >= 15 is 0 Å². The van der Waals surface area contributed by atoms with Crippen molar-refractivity contribution in [3.05, 3.63) is 29.3 Å². The number of nitrogens with one attached hydrogen (secondary N) is 3. The Labute approximate surface area is 186 Å². The SMILES string of the molecule is CCNC(=NCCc1ccc2c(c1)CCO2)NC1CCC(NC(=O)OC(C)(C)C)CC1. The number of carbonyl (C=O) groups excluding carboxylic acids is 1. The Kier molecular flexibility index (Phi) is 8.04. The number of ether oxygens (including phenoxy) is 2. The summed E-state index contributed by atoms with van der Waals surface area (Å²) in [5.74, 6) is 1.90. The second kappa shape index (κ2) is 10.7. The average molecular weight is 431 g/mol. The fraction of sp³-hybridized carbons (Fsp3) is 0.667. The first-order valence-electron chi connectivity index (χ1n) is 11.6. The van der Waals surface area contributed by atoms with Gasteiger partial charge in [-0.1, -0.05) is 12.1 Å². The number of aliphatic imine (C=N–C) groups is 1. The van der Waals surface area contributed by atoms with E-state index in [1.807, 2.05) is 20.8 Å². The first-order valence-corrected chi connectivity index (χ1v) is 11.6. The van der Waals surface area contributed by atoms with E-state index in [1.54, 1.807) is 0 Å².